The van der Waals surface area contributed by atoms with Crippen molar-refractivity contribution in [1.29, 1.82) is 0 Å². The molecular weight excluding hydrogens is 476 g/mol. The van der Waals surface area contributed by atoms with E-state index in [-0.39, 0.29) is 18.6 Å². The van der Waals surface area contributed by atoms with Crippen LogP contribution in [-0.4, -0.2) is 72.6 Å². The van der Waals surface area contributed by atoms with Crippen LogP contribution in [0.25, 0.3) is 0 Å². The zero-order valence-corrected chi connectivity index (χ0v) is 19.7. The van der Waals surface area contributed by atoms with Crippen molar-refractivity contribution >= 4 is 11.8 Å². The average Bonchev–Trinajstić information content (AvgIpc) is 3.42. The van der Waals surface area contributed by atoms with Gasteiger partial charge in [-0.2, -0.15) is 26.3 Å². The highest BCUT2D eigenvalue weighted by atomic mass is 19.4. The van der Waals surface area contributed by atoms with Gasteiger partial charge in [-0.05, 0) is 75.3 Å². The first-order valence-electron chi connectivity index (χ1n) is 12.1. The first-order valence-corrected chi connectivity index (χ1v) is 12.1. The highest BCUT2D eigenvalue weighted by Crippen LogP contribution is 2.41. The second-order valence-corrected chi connectivity index (χ2v) is 9.95. The zero-order valence-electron chi connectivity index (χ0n) is 19.7. The van der Waals surface area contributed by atoms with Crippen LogP contribution in [0.1, 0.15) is 49.7 Å². The Labute approximate surface area is 201 Å². The lowest BCUT2D eigenvalue weighted by Crippen LogP contribution is -2.54. The molecule has 4 rings (SSSR count). The van der Waals surface area contributed by atoms with E-state index in [0.29, 0.717) is 12.8 Å². The Morgan fingerprint density at radius 3 is 2.14 bits per heavy atom. The number of aryl methyl sites for hydroxylation is 1. The zero-order chi connectivity index (χ0) is 25.4. The Morgan fingerprint density at radius 2 is 1.54 bits per heavy atom. The molecule has 0 aliphatic carbocycles. The van der Waals surface area contributed by atoms with Crippen molar-refractivity contribution in [3.63, 3.8) is 0 Å². The Bertz CT molecular complexity index is 892. The number of amides is 1. The Morgan fingerprint density at radius 1 is 0.914 bits per heavy atom. The van der Waals surface area contributed by atoms with Crippen LogP contribution in [0.5, 0.6) is 0 Å². The quantitative estimate of drug-likeness (QED) is 0.493. The minimum absolute atomic E-state index is 0.0601. The van der Waals surface area contributed by atoms with E-state index in [1.807, 2.05) is 0 Å². The van der Waals surface area contributed by atoms with Crippen LogP contribution in [0.2, 0.25) is 0 Å². The molecule has 1 spiro atoms. The summed E-state index contributed by atoms with van der Waals surface area (Å²) in [6.07, 6.45) is -11.9. The van der Waals surface area contributed by atoms with Gasteiger partial charge in [-0.15, -0.1) is 0 Å². The molecule has 0 unspecified atom stereocenters. The molecule has 1 aromatic carbocycles. The minimum atomic E-state index is -5.71. The topological polar surface area (TPSA) is 36.0 Å². The van der Waals surface area contributed by atoms with E-state index in [2.05, 4.69) is 39.7 Å². The summed E-state index contributed by atoms with van der Waals surface area (Å²) >= 11 is 0. The van der Waals surface area contributed by atoms with Gasteiger partial charge in [-0.1, -0.05) is 6.07 Å². The number of hydrogen-bond donors (Lipinski definition) is 0. The van der Waals surface area contributed by atoms with Gasteiger partial charge in [0.2, 0.25) is 0 Å². The molecule has 0 saturated carbocycles. The van der Waals surface area contributed by atoms with E-state index < -0.39 is 24.5 Å². The molecule has 3 saturated heterocycles. The van der Waals surface area contributed by atoms with Gasteiger partial charge >= 0.3 is 18.4 Å². The van der Waals surface area contributed by atoms with Crippen molar-refractivity contribution < 1.29 is 35.9 Å². The van der Waals surface area contributed by atoms with E-state index in [0.717, 1.165) is 43.9 Å². The largest absolute Gasteiger partial charge is 0.434 e. The van der Waals surface area contributed by atoms with Crippen LogP contribution < -0.4 is 4.90 Å². The maximum Gasteiger partial charge on any atom is 0.434 e. The number of ether oxygens (including phenoxy) is 1. The number of benzene rings is 1. The fourth-order valence-electron chi connectivity index (χ4n) is 5.72. The molecule has 1 aromatic rings. The summed E-state index contributed by atoms with van der Waals surface area (Å²) in [7, 11) is 0. The number of alkyl halides is 6. The number of rotatable bonds is 4. The van der Waals surface area contributed by atoms with Gasteiger partial charge in [-0.3, -0.25) is 4.90 Å². The summed E-state index contributed by atoms with van der Waals surface area (Å²) in [5, 5.41) is 0. The summed E-state index contributed by atoms with van der Waals surface area (Å²) in [6, 6.07) is 6.56. The molecule has 0 N–H and O–H groups in total. The molecule has 11 heteroatoms. The third-order valence-electron chi connectivity index (χ3n) is 7.47. The van der Waals surface area contributed by atoms with Gasteiger partial charge in [0.15, 0.2) is 0 Å². The lowest BCUT2D eigenvalue weighted by Gasteiger charge is -2.45. The number of hydrogen-bond acceptors (Lipinski definition) is 4. The molecule has 0 radical (unpaired) electrons. The summed E-state index contributed by atoms with van der Waals surface area (Å²) in [4.78, 5) is 17.9. The Kier molecular flexibility index (Phi) is 7.19. The van der Waals surface area contributed by atoms with Crippen molar-refractivity contribution in [1.82, 2.24) is 9.80 Å². The van der Waals surface area contributed by atoms with Crippen LogP contribution in [0.3, 0.4) is 0 Å². The standard InChI is InChI=1S/C24H31F6N3O2/c1-17-13-18(15-19(14-17)31-8-2-3-9-31)16-33-10-4-5-22(33)6-11-32(12-7-22)21(34)35-20(23(25,26)27)24(28,29)30/h13-15,20H,2-12,16H2,1H3. The van der Waals surface area contributed by atoms with Gasteiger partial charge in [0.1, 0.15) is 0 Å². The van der Waals surface area contributed by atoms with Gasteiger partial charge in [0.05, 0.1) is 0 Å². The summed E-state index contributed by atoms with van der Waals surface area (Å²) < 4.78 is 80.5. The normalized spacial score (nSPS) is 21.4. The lowest BCUT2D eigenvalue weighted by molar-refractivity contribution is -0.308. The maximum absolute atomic E-state index is 12.8. The minimum Gasteiger partial charge on any atom is -0.426 e. The molecule has 3 fully saturated rings. The third kappa shape index (κ3) is 5.81. The van der Waals surface area contributed by atoms with Crippen LogP contribution >= 0.6 is 0 Å². The molecule has 0 aromatic heterocycles. The van der Waals surface area contributed by atoms with E-state index in [1.54, 1.807) is 0 Å². The monoisotopic (exact) mass is 507 g/mol. The lowest BCUT2D eigenvalue weighted by atomic mass is 9.85. The summed E-state index contributed by atoms with van der Waals surface area (Å²) in [6.45, 7) is 5.87. The molecular formula is C24H31F6N3O2. The van der Waals surface area contributed by atoms with Crippen LogP contribution in [0.15, 0.2) is 18.2 Å². The first kappa shape index (κ1) is 25.9. The Balaban J connectivity index is 1.40. The highest BCUT2D eigenvalue weighted by Gasteiger charge is 2.60. The van der Waals surface area contributed by atoms with Crippen LogP contribution in [-0.2, 0) is 11.3 Å². The summed E-state index contributed by atoms with van der Waals surface area (Å²) in [5.41, 5.74) is 3.36. The van der Waals surface area contributed by atoms with Crippen molar-refractivity contribution in [2.24, 2.45) is 0 Å². The van der Waals surface area contributed by atoms with E-state index in [1.165, 1.54) is 29.7 Å². The molecule has 0 atom stereocenters. The number of likely N-dealkylation sites (tertiary alicyclic amines) is 2. The second-order valence-electron chi connectivity index (χ2n) is 9.95. The number of piperidine rings is 1. The fraction of sp³-hybridized carbons (Fsp3) is 0.708. The van der Waals surface area contributed by atoms with Gasteiger partial charge in [-0.25, -0.2) is 4.79 Å². The molecule has 196 valence electrons. The SMILES string of the molecule is Cc1cc(CN2CCCC23CCN(C(=O)OC(C(F)(F)F)C(F)(F)F)CC3)cc(N2CCCC2)c1. The predicted molar refractivity (Wildman–Crippen MR) is 118 cm³/mol. The van der Waals surface area contributed by atoms with Crippen molar-refractivity contribution in [2.45, 2.75) is 76.0 Å². The van der Waals surface area contributed by atoms with E-state index in [9.17, 15) is 31.1 Å². The van der Waals surface area contributed by atoms with E-state index in [4.69, 9.17) is 0 Å². The molecule has 3 heterocycles. The molecule has 5 nitrogen and oxygen atoms in total. The summed E-state index contributed by atoms with van der Waals surface area (Å²) in [5.74, 6) is 0. The predicted octanol–water partition coefficient (Wildman–Crippen LogP) is 5.66. The molecule has 3 aliphatic rings. The van der Waals surface area contributed by atoms with Gasteiger partial charge < -0.3 is 14.5 Å². The highest BCUT2D eigenvalue weighted by molar-refractivity contribution is 5.68. The number of nitrogens with zero attached hydrogens (tertiary/aromatic N) is 3. The molecule has 3 aliphatic heterocycles. The van der Waals surface area contributed by atoms with Crippen molar-refractivity contribution in [3.05, 3.63) is 29.3 Å². The molecule has 35 heavy (non-hydrogen) atoms. The van der Waals surface area contributed by atoms with Crippen molar-refractivity contribution in [2.75, 3.05) is 37.6 Å². The van der Waals surface area contributed by atoms with Gasteiger partial charge in [0.25, 0.3) is 6.10 Å². The smallest absolute Gasteiger partial charge is 0.426 e. The number of carbonyl (C=O) groups is 1. The third-order valence-corrected chi connectivity index (χ3v) is 7.47. The molecule has 1 amide bonds. The van der Waals surface area contributed by atoms with E-state index >= 15 is 0 Å². The second kappa shape index (κ2) is 9.71. The fourth-order valence-corrected chi connectivity index (χ4v) is 5.72. The maximum atomic E-state index is 12.8. The van der Waals surface area contributed by atoms with Crippen molar-refractivity contribution in [3.8, 4) is 0 Å². The number of anilines is 1. The van der Waals surface area contributed by atoms with Crippen LogP contribution in [0, 0.1) is 6.92 Å². The first-order chi connectivity index (χ1) is 16.4. The number of halogens is 6. The number of carbonyl (C=O) groups excluding carboxylic acids is 1. The molecule has 0 bridgehead atoms. The average molecular weight is 508 g/mol. The van der Waals surface area contributed by atoms with Crippen LogP contribution in [0.4, 0.5) is 36.8 Å². The van der Waals surface area contributed by atoms with Gasteiger partial charge in [0, 0.05) is 44.0 Å². The Hall–Kier alpha value is -2.17.